The SMILES string of the molecule is [CH-]=O.[CH-]=O.[RhH+2].c1ccc([C@H]2CC[C@H](c3ccccc3)[PH+]2CC[PH+]2[C@@H](c3ccccc3)CC[C@@H]2c2ccccc2)cc1. The summed E-state index contributed by atoms with van der Waals surface area (Å²) >= 11 is 0. The first-order valence-electron chi connectivity index (χ1n) is 14.3. The molecule has 0 amide bonds. The zero-order chi connectivity index (χ0) is 28.2. The Balaban J connectivity index is 0.000000887. The van der Waals surface area contributed by atoms with E-state index in [1.54, 1.807) is 22.3 Å². The first kappa shape index (κ1) is 33.2. The Hall–Kier alpha value is -2.30. The first-order chi connectivity index (χ1) is 19.9. The number of rotatable bonds is 7. The van der Waals surface area contributed by atoms with Crippen LogP contribution in [0.1, 0.15) is 70.6 Å². The molecule has 41 heavy (non-hydrogen) atoms. The second kappa shape index (κ2) is 17.6. The molecule has 6 rings (SSSR count). The van der Waals surface area contributed by atoms with Gasteiger partial charge in [0.2, 0.25) is 0 Å². The molecule has 0 spiro atoms. The van der Waals surface area contributed by atoms with Gasteiger partial charge in [-0.05, 0) is 47.9 Å². The van der Waals surface area contributed by atoms with Crippen LogP contribution in [0, 0.1) is 0 Å². The maximum absolute atomic E-state index is 7.75. The third kappa shape index (κ3) is 8.17. The van der Waals surface area contributed by atoms with Gasteiger partial charge in [-0.1, -0.05) is 121 Å². The molecular formula is C36H41O2P2Rh+2. The van der Waals surface area contributed by atoms with Crippen molar-refractivity contribution in [2.45, 2.75) is 48.3 Å². The van der Waals surface area contributed by atoms with Gasteiger partial charge in [0, 0.05) is 15.8 Å². The molecule has 0 bridgehead atoms. The van der Waals surface area contributed by atoms with E-state index in [0.29, 0.717) is 0 Å². The van der Waals surface area contributed by atoms with Gasteiger partial charge in [-0.15, -0.1) is 0 Å². The van der Waals surface area contributed by atoms with E-state index in [0.717, 1.165) is 22.6 Å². The minimum atomic E-state index is -0.564. The fourth-order valence-electron chi connectivity index (χ4n) is 7.14. The molecule has 4 atom stereocenters. The van der Waals surface area contributed by atoms with Crippen molar-refractivity contribution in [1.29, 1.82) is 0 Å². The fraction of sp³-hybridized carbons (Fsp3) is 0.278. The summed E-state index contributed by atoms with van der Waals surface area (Å²) in [5.41, 5.74) is 9.57. The molecule has 5 heteroatoms. The van der Waals surface area contributed by atoms with Crippen molar-refractivity contribution in [3.05, 3.63) is 144 Å². The van der Waals surface area contributed by atoms with Gasteiger partial charge in [0.1, 0.15) is 0 Å². The summed E-state index contributed by atoms with van der Waals surface area (Å²) in [5.74, 6) is 0. The van der Waals surface area contributed by atoms with E-state index in [1.807, 2.05) is 0 Å². The van der Waals surface area contributed by atoms with Gasteiger partial charge in [0.25, 0.3) is 0 Å². The van der Waals surface area contributed by atoms with E-state index in [-0.39, 0.29) is 19.5 Å². The fourth-order valence-corrected chi connectivity index (χ4v) is 16.5. The molecule has 0 unspecified atom stereocenters. The Bertz CT molecular complexity index is 1060. The molecule has 0 saturated carbocycles. The van der Waals surface area contributed by atoms with Crippen LogP contribution in [-0.2, 0) is 29.1 Å². The van der Waals surface area contributed by atoms with Gasteiger partial charge in [0.05, 0.1) is 35.0 Å². The third-order valence-corrected chi connectivity index (χ3v) is 17.0. The topological polar surface area (TPSA) is 34.1 Å². The van der Waals surface area contributed by atoms with E-state index in [1.165, 1.54) is 38.0 Å². The molecule has 2 fully saturated rings. The predicted octanol–water partition coefficient (Wildman–Crippen LogP) is 9.15. The van der Waals surface area contributed by atoms with Crippen LogP contribution < -0.4 is 0 Å². The zero-order valence-electron chi connectivity index (χ0n) is 23.4. The summed E-state index contributed by atoms with van der Waals surface area (Å²) in [4.78, 5) is 15.5. The van der Waals surface area contributed by atoms with Gasteiger partial charge < -0.3 is 9.59 Å². The van der Waals surface area contributed by atoms with Crippen LogP contribution >= 0.6 is 15.8 Å². The second-order valence-corrected chi connectivity index (χ2v) is 16.7. The Labute approximate surface area is 261 Å². The minimum absolute atomic E-state index is 0. The summed E-state index contributed by atoms with van der Waals surface area (Å²) in [5, 5.41) is 0. The van der Waals surface area contributed by atoms with Crippen molar-refractivity contribution in [2.24, 2.45) is 0 Å². The van der Waals surface area contributed by atoms with Gasteiger partial charge in [0.15, 0.2) is 0 Å². The standard InChI is InChI=1S/C34H36P2.2CHO.Rh.H/c1-5-13-27(14-6-1)31-21-22-32(28-15-7-2-8-16-28)35(31)25-26-36-33(29-17-9-3-10-18-29)23-24-34(36)30-19-11-4-12-20-30;2*1-2;;/h1-20,31-34H,21-26H2;2*1H;;/q;2*-1;+2;/p+2/t31-,32-,33-,34-;;;;/m1..../s1. The van der Waals surface area contributed by atoms with Gasteiger partial charge in [-0.3, -0.25) is 13.6 Å². The second-order valence-electron chi connectivity index (χ2n) is 10.7. The number of hydrogen-bond acceptors (Lipinski definition) is 2. The number of benzene rings is 4. The number of carbonyl (C=O) groups excluding carboxylic acids is 2. The molecule has 214 valence electrons. The summed E-state index contributed by atoms with van der Waals surface area (Å²) < 4.78 is 0. The van der Waals surface area contributed by atoms with Crippen LogP contribution in [0.2, 0.25) is 0 Å². The van der Waals surface area contributed by atoms with E-state index in [2.05, 4.69) is 135 Å². The Kier molecular flexibility index (Phi) is 14.3. The van der Waals surface area contributed by atoms with E-state index < -0.39 is 15.8 Å². The van der Waals surface area contributed by atoms with E-state index in [4.69, 9.17) is 9.59 Å². The average Bonchev–Trinajstić information content (AvgIpc) is 3.68. The van der Waals surface area contributed by atoms with E-state index in [9.17, 15) is 0 Å². The largest absolute Gasteiger partial charge is 0.0931 e. The van der Waals surface area contributed by atoms with Crippen LogP contribution in [0.5, 0.6) is 0 Å². The maximum Gasteiger partial charge on any atom is 0.0931 e. The zero-order valence-corrected chi connectivity index (χ0v) is 27.2. The minimum Gasteiger partial charge on any atom is -0.0622 e. The summed E-state index contributed by atoms with van der Waals surface area (Å²) in [7, 11) is -1.13. The van der Waals surface area contributed by atoms with E-state index >= 15 is 0 Å². The summed E-state index contributed by atoms with van der Waals surface area (Å²) in [6, 6.07) is 46.0. The quantitative estimate of drug-likeness (QED) is 0.0851. The van der Waals surface area contributed by atoms with Crippen LogP contribution in [-0.4, -0.2) is 25.9 Å². The van der Waals surface area contributed by atoms with Crippen LogP contribution in [0.15, 0.2) is 121 Å². The third-order valence-electron chi connectivity index (χ3n) is 8.79. The summed E-state index contributed by atoms with van der Waals surface area (Å²) in [6.07, 6.45) is 8.39. The molecule has 4 aromatic carbocycles. The van der Waals surface area contributed by atoms with Crippen molar-refractivity contribution in [1.82, 2.24) is 0 Å². The molecule has 0 aromatic heterocycles. The maximum atomic E-state index is 7.75. The van der Waals surface area contributed by atoms with Crippen LogP contribution in [0.3, 0.4) is 0 Å². The van der Waals surface area contributed by atoms with Gasteiger partial charge in [-0.25, -0.2) is 0 Å². The van der Waals surface area contributed by atoms with Crippen molar-refractivity contribution in [3.63, 3.8) is 0 Å². The smallest absolute Gasteiger partial charge is 0.0622 e. The first-order valence-corrected chi connectivity index (χ1v) is 18.0. The van der Waals surface area contributed by atoms with Gasteiger partial charge in [-0.2, -0.15) is 0 Å². The molecule has 2 heterocycles. The monoisotopic (exact) mass is 670 g/mol. The van der Waals surface area contributed by atoms with Crippen molar-refractivity contribution in [2.75, 3.05) is 12.3 Å². The average molecular weight is 671 g/mol. The van der Waals surface area contributed by atoms with Gasteiger partial charge >= 0.3 is 19.5 Å². The predicted molar refractivity (Wildman–Crippen MR) is 176 cm³/mol. The molecule has 2 aliphatic rings. The molecule has 4 aromatic rings. The molecular weight excluding hydrogens is 629 g/mol. The molecule has 1 radical (unpaired) electrons. The molecule has 2 aliphatic heterocycles. The molecule has 2 nitrogen and oxygen atoms in total. The Morgan fingerprint density at radius 1 is 0.415 bits per heavy atom. The molecule has 0 aliphatic carbocycles. The van der Waals surface area contributed by atoms with Crippen LogP contribution in [0.4, 0.5) is 0 Å². The van der Waals surface area contributed by atoms with Crippen molar-refractivity contribution >= 4 is 29.4 Å². The molecule has 0 N–H and O–H groups in total. The Morgan fingerprint density at radius 2 is 0.610 bits per heavy atom. The normalized spacial score (nSPS) is 22.0. The summed E-state index contributed by atoms with van der Waals surface area (Å²) in [6.45, 7) is 6.50. The van der Waals surface area contributed by atoms with Crippen LogP contribution in [0.25, 0.3) is 0 Å². The molecule has 2 saturated heterocycles. The van der Waals surface area contributed by atoms with Crippen molar-refractivity contribution in [3.8, 4) is 0 Å². The van der Waals surface area contributed by atoms with Crippen molar-refractivity contribution < 1.29 is 29.1 Å². The number of hydrogen-bond donors (Lipinski definition) is 0. The Morgan fingerprint density at radius 3 is 0.805 bits per heavy atom.